The summed E-state index contributed by atoms with van der Waals surface area (Å²) in [6, 6.07) is 4.48. The van der Waals surface area contributed by atoms with E-state index in [0.717, 1.165) is 0 Å². The predicted octanol–water partition coefficient (Wildman–Crippen LogP) is 1.58. The van der Waals surface area contributed by atoms with E-state index in [9.17, 15) is 14.3 Å². The number of primary amides is 1. The van der Waals surface area contributed by atoms with Crippen LogP contribution in [-0.2, 0) is 4.79 Å². The van der Waals surface area contributed by atoms with E-state index >= 15 is 0 Å². The minimum Gasteiger partial charge on any atom is -0.389 e. The fourth-order valence-corrected chi connectivity index (χ4v) is 1.90. The molecule has 0 radical (unpaired) electrons. The summed E-state index contributed by atoms with van der Waals surface area (Å²) in [6.07, 6.45) is -0.949. The average Bonchev–Trinajstić information content (AvgIpc) is 2.24. The van der Waals surface area contributed by atoms with Gasteiger partial charge in [-0.15, -0.1) is 0 Å². The minimum atomic E-state index is -0.949. The number of anilines is 1. The van der Waals surface area contributed by atoms with Crippen molar-refractivity contribution in [2.24, 2.45) is 5.73 Å². The molecule has 0 saturated carbocycles. The summed E-state index contributed by atoms with van der Waals surface area (Å²) < 4.78 is 13.8. The lowest BCUT2D eigenvalue weighted by molar-refractivity contribution is -0.116. The highest BCUT2D eigenvalue weighted by Crippen LogP contribution is 2.29. The number of hydrogen-bond donors (Lipinski definition) is 2. The first-order valence-corrected chi connectivity index (χ1v) is 5.86. The van der Waals surface area contributed by atoms with Crippen molar-refractivity contribution < 1.29 is 14.3 Å². The second-order valence-electron chi connectivity index (χ2n) is 4.54. The number of benzene rings is 1. The second kappa shape index (κ2) is 5.82. The number of carbonyl (C=O) groups excluding carboxylic acids is 1. The highest BCUT2D eigenvalue weighted by Gasteiger charge is 2.21. The fourth-order valence-electron chi connectivity index (χ4n) is 1.90. The predicted molar refractivity (Wildman–Crippen MR) is 68.7 cm³/mol. The van der Waals surface area contributed by atoms with Gasteiger partial charge in [0, 0.05) is 17.3 Å². The molecular formula is C13H19FN2O2. The standard InChI is InChI=1S/C13H19FN2O2/c1-8(2)16(7-12(15)18)11-6-4-5-10(14)13(11)9(3)17/h4-6,8-9,17H,7H2,1-3H3,(H2,15,18). The van der Waals surface area contributed by atoms with E-state index in [1.807, 2.05) is 13.8 Å². The lowest BCUT2D eigenvalue weighted by Crippen LogP contribution is -2.39. The molecule has 3 N–H and O–H groups in total. The van der Waals surface area contributed by atoms with Crippen LogP contribution in [0.1, 0.15) is 32.4 Å². The zero-order valence-electron chi connectivity index (χ0n) is 10.9. The third-order valence-corrected chi connectivity index (χ3v) is 2.71. The largest absolute Gasteiger partial charge is 0.389 e. The Morgan fingerprint density at radius 2 is 2.06 bits per heavy atom. The van der Waals surface area contributed by atoms with Crippen molar-refractivity contribution >= 4 is 11.6 Å². The van der Waals surface area contributed by atoms with Gasteiger partial charge in [-0.3, -0.25) is 4.79 Å². The molecule has 100 valence electrons. The molecule has 0 spiro atoms. The number of hydrogen-bond acceptors (Lipinski definition) is 3. The SMILES string of the molecule is CC(O)c1c(F)cccc1N(CC(N)=O)C(C)C. The molecule has 0 aromatic heterocycles. The molecule has 1 atom stereocenters. The van der Waals surface area contributed by atoms with Gasteiger partial charge in [-0.25, -0.2) is 4.39 Å². The maximum Gasteiger partial charge on any atom is 0.236 e. The summed E-state index contributed by atoms with van der Waals surface area (Å²) in [6.45, 7) is 5.23. The summed E-state index contributed by atoms with van der Waals surface area (Å²) in [5.41, 5.74) is 5.88. The molecule has 0 bridgehead atoms. The van der Waals surface area contributed by atoms with E-state index in [4.69, 9.17) is 5.73 Å². The van der Waals surface area contributed by atoms with E-state index in [0.29, 0.717) is 5.69 Å². The molecule has 1 unspecified atom stereocenters. The lowest BCUT2D eigenvalue weighted by Gasteiger charge is -2.30. The van der Waals surface area contributed by atoms with E-state index in [-0.39, 0.29) is 18.2 Å². The molecule has 0 aliphatic rings. The van der Waals surface area contributed by atoms with Gasteiger partial charge >= 0.3 is 0 Å². The van der Waals surface area contributed by atoms with Crippen LogP contribution in [0.5, 0.6) is 0 Å². The zero-order valence-corrected chi connectivity index (χ0v) is 10.9. The Labute approximate surface area is 106 Å². The number of nitrogens with zero attached hydrogens (tertiary/aromatic N) is 1. The second-order valence-corrected chi connectivity index (χ2v) is 4.54. The average molecular weight is 254 g/mol. The molecule has 1 aromatic rings. The van der Waals surface area contributed by atoms with Crippen LogP contribution in [0.4, 0.5) is 10.1 Å². The van der Waals surface area contributed by atoms with Gasteiger partial charge in [0.1, 0.15) is 5.82 Å². The summed E-state index contributed by atoms with van der Waals surface area (Å²) in [5, 5.41) is 9.67. The number of nitrogens with two attached hydrogens (primary N) is 1. The third-order valence-electron chi connectivity index (χ3n) is 2.71. The summed E-state index contributed by atoms with van der Waals surface area (Å²) in [7, 11) is 0. The Kier molecular flexibility index (Phi) is 4.67. The first-order valence-electron chi connectivity index (χ1n) is 5.86. The number of carbonyl (C=O) groups is 1. The van der Waals surface area contributed by atoms with E-state index in [2.05, 4.69) is 0 Å². The molecule has 0 heterocycles. The molecule has 1 aromatic carbocycles. The van der Waals surface area contributed by atoms with Gasteiger partial charge in [0.25, 0.3) is 0 Å². The first-order chi connectivity index (χ1) is 8.34. The highest BCUT2D eigenvalue weighted by atomic mass is 19.1. The molecule has 0 saturated heterocycles. The molecule has 5 heteroatoms. The van der Waals surface area contributed by atoms with Crippen molar-refractivity contribution in [3.63, 3.8) is 0 Å². The van der Waals surface area contributed by atoms with E-state index in [1.165, 1.54) is 13.0 Å². The van der Waals surface area contributed by atoms with Crippen molar-refractivity contribution in [3.05, 3.63) is 29.6 Å². The maximum absolute atomic E-state index is 13.8. The molecular weight excluding hydrogens is 235 g/mol. The quantitative estimate of drug-likeness (QED) is 0.838. The van der Waals surface area contributed by atoms with Crippen molar-refractivity contribution in [2.75, 3.05) is 11.4 Å². The fraction of sp³-hybridized carbons (Fsp3) is 0.462. The first kappa shape index (κ1) is 14.4. The number of aliphatic hydroxyl groups is 1. The Bertz CT molecular complexity index is 433. The molecule has 0 fully saturated rings. The lowest BCUT2D eigenvalue weighted by atomic mass is 10.1. The maximum atomic E-state index is 13.8. The van der Waals surface area contributed by atoms with Crippen molar-refractivity contribution in [1.82, 2.24) is 0 Å². The van der Waals surface area contributed by atoms with Crippen LogP contribution in [0.3, 0.4) is 0 Å². The van der Waals surface area contributed by atoms with Gasteiger partial charge in [0.05, 0.1) is 12.6 Å². The molecule has 4 nitrogen and oxygen atoms in total. The molecule has 0 aliphatic heterocycles. The van der Waals surface area contributed by atoms with Gasteiger partial charge in [-0.1, -0.05) is 6.07 Å². The van der Waals surface area contributed by atoms with Gasteiger partial charge in [0.2, 0.25) is 5.91 Å². The van der Waals surface area contributed by atoms with Crippen molar-refractivity contribution in [3.8, 4) is 0 Å². The monoisotopic (exact) mass is 254 g/mol. The Balaban J connectivity index is 3.27. The number of amides is 1. The molecule has 18 heavy (non-hydrogen) atoms. The molecule has 1 amide bonds. The number of rotatable bonds is 5. The highest BCUT2D eigenvalue weighted by molar-refractivity contribution is 5.80. The summed E-state index contributed by atoms with van der Waals surface area (Å²) in [4.78, 5) is 12.8. The van der Waals surface area contributed by atoms with Crippen LogP contribution in [0.25, 0.3) is 0 Å². The number of halogens is 1. The number of aliphatic hydroxyl groups excluding tert-OH is 1. The van der Waals surface area contributed by atoms with Crippen LogP contribution in [-0.4, -0.2) is 23.6 Å². The van der Waals surface area contributed by atoms with Crippen LogP contribution < -0.4 is 10.6 Å². The van der Waals surface area contributed by atoms with E-state index < -0.39 is 17.8 Å². The topological polar surface area (TPSA) is 66.6 Å². The van der Waals surface area contributed by atoms with Gasteiger partial charge in [-0.05, 0) is 32.9 Å². The smallest absolute Gasteiger partial charge is 0.236 e. The van der Waals surface area contributed by atoms with Crippen LogP contribution in [0.15, 0.2) is 18.2 Å². The summed E-state index contributed by atoms with van der Waals surface area (Å²) in [5.74, 6) is -0.984. The van der Waals surface area contributed by atoms with Gasteiger partial charge < -0.3 is 15.7 Å². The normalized spacial score (nSPS) is 12.6. The Hall–Kier alpha value is -1.62. The van der Waals surface area contributed by atoms with Gasteiger partial charge in [0.15, 0.2) is 0 Å². The Morgan fingerprint density at radius 3 is 2.50 bits per heavy atom. The van der Waals surface area contributed by atoms with E-state index in [1.54, 1.807) is 17.0 Å². The zero-order chi connectivity index (χ0) is 13.9. The third kappa shape index (κ3) is 3.20. The van der Waals surface area contributed by atoms with Crippen LogP contribution in [0.2, 0.25) is 0 Å². The van der Waals surface area contributed by atoms with Crippen LogP contribution >= 0.6 is 0 Å². The van der Waals surface area contributed by atoms with Crippen LogP contribution in [0, 0.1) is 5.82 Å². The Morgan fingerprint density at radius 1 is 1.44 bits per heavy atom. The summed E-state index contributed by atoms with van der Waals surface area (Å²) >= 11 is 0. The van der Waals surface area contributed by atoms with Gasteiger partial charge in [-0.2, -0.15) is 0 Å². The molecule has 1 rings (SSSR count). The minimum absolute atomic E-state index is 0.0131. The van der Waals surface area contributed by atoms with Crippen molar-refractivity contribution in [2.45, 2.75) is 32.9 Å². The molecule has 0 aliphatic carbocycles. The van der Waals surface area contributed by atoms with Crippen molar-refractivity contribution in [1.29, 1.82) is 0 Å².